The number of amides is 1. The second-order valence-electron chi connectivity index (χ2n) is 5.52. The fourth-order valence-corrected chi connectivity index (χ4v) is 2.38. The summed E-state index contributed by atoms with van der Waals surface area (Å²) >= 11 is 6.13. The van der Waals surface area contributed by atoms with E-state index in [0.717, 1.165) is 6.42 Å². The van der Waals surface area contributed by atoms with Gasteiger partial charge in [0, 0.05) is 7.05 Å². The molecule has 4 N–H and O–H groups in total. The van der Waals surface area contributed by atoms with Crippen LogP contribution in [0.25, 0.3) is 0 Å². The van der Waals surface area contributed by atoms with E-state index in [1.165, 1.54) is 0 Å². The third-order valence-electron chi connectivity index (χ3n) is 3.64. The van der Waals surface area contributed by atoms with E-state index >= 15 is 0 Å². The van der Waals surface area contributed by atoms with E-state index in [4.69, 9.17) is 26.5 Å². The van der Waals surface area contributed by atoms with Crippen LogP contribution >= 0.6 is 35.6 Å². The first-order chi connectivity index (χ1) is 12.5. The van der Waals surface area contributed by atoms with E-state index < -0.39 is 5.91 Å². The van der Waals surface area contributed by atoms with Crippen LogP contribution in [0.2, 0.25) is 5.02 Å². The van der Waals surface area contributed by atoms with E-state index in [2.05, 4.69) is 15.6 Å². The van der Waals surface area contributed by atoms with Crippen molar-refractivity contribution in [3.63, 3.8) is 0 Å². The third kappa shape index (κ3) is 7.30. The molecule has 0 aliphatic carbocycles. The molecule has 1 aromatic heterocycles. The van der Waals surface area contributed by atoms with Crippen LogP contribution < -0.4 is 21.1 Å². The van der Waals surface area contributed by atoms with Gasteiger partial charge < -0.3 is 25.5 Å². The van der Waals surface area contributed by atoms with E-state index in [1.54, 1.807) is 25.2 Å². The van der Waals surface area contributed by atoms with Crippen molar-refractivity contribution in [2.45, 2.75) is 26.0 Å². The summed E-state index contributed by atoms with van der Waals surface area (Å²) < 4.78 is 11.3. The van der Waals surface area contributed by atoms with Crippen molar-refractivity contribution in [2.75, 3.05) is 13.6 Å². The second kappa shape index (κ2) is 11.7. The molecule has 7 nitrogen and oxygen atoms in total. The summed E-state index contributed by atoms with van der Waals surface area (Å²) in [5.74, 6) is 1.36. The zero-order valence-electron chi connectivity index (χ0n) is 15.2. The van der Waals surface area contributed by atoms with Crippen molar-refractivity contribution < 1.29 is 13.9 Å². The molecule has 2 aromatic rings. The Morgan fingerprint density at radius 1 is 1.30 bits per heavy atom. The summed E-state index contributed by atoms with van der Waals surface area (Å²) in [6.07, 6.45) is 0.730. The largest absolute Gasteiger partial charge is 0.487 e. The number of para-hydroxylation sites is 1. The van der Waals surface area contributed by atoms with Crippen LogP contribution in [0.5, 0.6) is 5.75 Å². The predicted octanol–water partition coefficient (Wildman–Crippen LogP) is 3.17. The number of nitrogens with two attached hydrogens (primary N) is 1. The number of ether oxygens (including phenoxy) is 1. The van der Waals surface area contributed by atoms with Crippen molar-refractivity contribution in [1.29, 1.82) is 0 Å². The highest BCUT2D eigenvalue weighted by atomic mass is 127. The molecule has 0 aliphatic rings. The molecule has 2 rings (SSSR count). The van der Waals surface area contributed by atoms with Gasteiger partial charge in [0.1, 0.15) is 17.6 Å². The molecule has 1 unspecified atom stereocenters. The average Bonchev–Trinajstić information content (AvgIpc) is 3.11. The molecule has 1 amide bonds. The molecule has 0 saturated heterocycles. The molecule has 148 valence electrons. The Labute approximate surface area is 180 Å². The van der Waals surface area contributed by atoms with Crippen LogP contribution in [0.15, 0.2) is 45.8 Å². The Morgan fingerprint density at radius 2 is 2.04 bits per heavy atom. The number of primary amides is 1. The number of carbonyl (C=O) groups excluding carboxylic acids is 1. The van der Waals surface area contributed by atoms with E-state index in [-0.39, 0.29) is 35.8 Å². The summed E-state index contributed by atoms with van der Waals surface area (Å²) in [5, 5.41) is 6.88. The topological polar surface area (TPSA) is 102 Å². The van der Waals surface area contributed by atoms with Gasteiger partial charge in [0.15, 0.2) is 11.7 Å². The van der Waals surface area contributed by atoms with Gasteiger partial charge in [-0.3, -0.25) is 9.79 Å². The van der Waals surface area contributed by atoms with E-state index in [9.17, 15) is 4.79 Å². The van der Waals surface area contributed by atoms with Crippen LogP contribution in [-0.2, 0) is 6.54 Å². The van der Waals surface area contributed by atoms with Crippen molar-refractivity contribution in [2.24, 2.45) is 10.7 Å². The van der Waals surface area contributed by atoms with Gasteiger partial charge in [-0.05, 0) is 30.7 Å². The molecule has 1 atom stereocenters. The number of nitrogens with one attached hydrogen (secondary N) is 2. The first kappa shape index (κ1) is 23.1. The zero-order chi connectivity index (χ0) is 18.9. The SMILES string of the molecule is CCC(CNC(=NC)NCc1ccc(C(N)=O)o1)Oc1ccccc1Cl.I. The number of nitrogens with zero attached hydrogens (tertiary/aromatic N) is 1. The lowest BCUT2D eigenvalue weighted by molar-refractivity contribution is 0.0972. The number of carbonyl (C=O) groups is 1. The second-order valence-corrected chi connectivity index (χ2v) is 5.92. The lowest BCUT2D eigenvalue weighted by Gasteiger charge is -2.20. The third-order valence-corrected chi connectivity index (χ3v) is 3.95. The van der Waals surface area contributed by atoms with Crippen molar-refractivity contribution >= 4 is 47.4 Å². The first-order valence-electron chi connectivity index (χ1n) is 8.27. The number of hydrogen-bond acceptors (Lipinski definition) is 4. The zero-order valence-corrected chi connectivity index (χ0v) is 18.3. The fourth-order valence-electron chi connectivity index (χ4n) is 2.20. The molecule has 0 bridgehead atoms. The van der Waals surface area contributed by atoms with E-state index in [0.29, 0.717) is 35.6 Å². The molecule has 0 aliphatic heterocycles. The highest BCUT2D eigenvalue weighted by Gasteiger charge is 2.12. The lowest BCUT2D eigenvalue weighted by atomic mass is 10.2. The molecular weight excluding hydrogens is 483 g/mol. The Hall–Kier alpha value is -1.94. The maximum Gasteiger partial charge on any atom is 0.284 e. The van der Waals surface area contributed by atoms with Crippen LogP contribution in [0.3, 0.4) is 0 Å². The van der Waals surface area contributed by atoms with Crippen LogP contribution in [0.1, 0.15) is 29.7 Å². The standard InChI is InChI=1S/C18H23ClN4O3.HI/c1-3-12(25-15-7-5-4-6-14(15)19)10-22-18(21-2)23-11-13-8-9-16(26-13)17(20)24;/h4-9,12H,3,10-11H2,1-2H3,(H2,20,24)(H2,21,22,23);1H. The predicted molar refractivity (Wildman–Crippen MR) is 117 cm³/mol. The van der Waals surface area contributed by atoms with Crippen LogP contribution in [-0.4, -0.2) is 31.6 Å². The Kier molecular flexibility index (Phi) is 10.0. The molecule has 1 heterocycles. The van der Waals surface area contributed by atoms with Gasteiger partial charge in [-0.15, -0.1) is 24.0 Å². The number of guanidine groups is 1. The van der Waals surface area contributed by atoms with Gasteiger partial charge in [0.05, 0.1) is 18.1 Å². The van der Waals surface area contributed by atoms with Crippen LogP contribution in [0, 0.1) is 0 Å². The number of aliphatic imine (C=N–C) groups is 1. The molecule has 0 spiro atoms. The monoisotopic (exact) mass is 506 g/mol. The molecule has 27 heavy (non-hydrogen) atoms. The van der Waals surface area contributed by atoms with E-state index in [1.807, 2.05) is 25.1 Å². The minimum absolute atomic E-state index is 0. The molecule has 1 aromatic carbocycles. The molecular formula is C18H24ClIN4O3. The molecule has 9 heteroatoms. The van der Waals surface area contributed by atoms with Gasteiger partial charge in [-0.2, -0.15) is 0 Å². The highest BCUT2D eigenvalue weighted by Crippen LogP contribution is 2.24. The minimum atomic E-state index is -0.596. The van der Waals surface area contributed by atoms with Crippen molar-refractivity contribution in [1.82, 2.24) is 10.6 Å². The number of hydrogen-bond donors (Lipinski definition) is 3. The maximum atomic E-state index is 11.0. The smallest absolute Gasteiger partial charge is 0.284 e. The molecule has 0 radical (unpaired) electrons. The van der Waals surface area contributed by atoms with Gasteiger partial charge in [-0.25, -0.2) is 0 Å². The molecule has 0 fully saturated rings. The number of halogens is 2. The Bertz CT molecular complexity index is 767. The first-order valence-corrected chi connectivity index (χ1v) is 8.65. The quantitative estimate of drug-likeness (QED) is 0.290. The Balaban J connectivity index is 0.00000364. The molecule has 0 saturated carbocycles. The normalized spacial score (nSPS) is 12.0. The van der Waals surface area contributed by atoms with Gasteiger partial charge in [0.25, 0.3) is 5.91 Å². The summed E-state index contributed by atoms with van der Waals surface area (Å²) in [7, 11) is 1.67. The van der Waals surface area contributed by atoms with Crippen molar-refractivity contribution in [3.05, 3.63) is 52.9 Å². The summed E-state index contributed by atoms with van der Waals surface area (Å²) in [6.45, 7) is 2.95. The number of furan rings is 1. The van der Waals surface area contributed by atoms with Crippen molar-refractivity contribution in [3.8, 4) is 5.75 Å². The van der Waals surface area contributed by atoms with Gasteiger partial charge in [0.2, 0.25) is 0 Å². The summed E-state index contributed by atoms with van der Waals surface area (Å²) in [6, 6.07) is 10.6. The average molecular weight is 507 g/mol. The maximum absolute atomic E-state index is 11.0. The summed E-state index contributed by atoms with van der Waals surface area (Å²) in [4.78, 5) is 15.2. The van der Waals surface area contributed by atoms with Gasteiger partial charge >= 0.3 is 0 Å². The number of rotatable bonds is 8. The highest BCUT2D eigenvalue weighted by molar-refractivity contribution is 14.0. The Morgan fingerprint density at radius 3 is 2.63 bits per heavy atom. The summed E-state index contributed by atoms with van der Waals surface area (Å²) in [5.41, 5.74) is 5.17. The minimum Gasteiger partial charge on any atom is -0.487 e. The fraction of sp³-hybridized carbons (Fsp3) is 0.333. The van der Waals surface area contributed by atoms with Gasteiger partial charge in [-0.1, -0.05) is 30.7 Å². The number of benzene rings is 1. The lowest BCUT2D eigenvalue weighted by Crippen LogP contribution is -2.42. The van der Waals surface area contributed by atoms with Crippen LogP contribution in [0.4, 0.5) is 0 Å².